The first-order valence-electron chi connectivity index (χ1n) is 7.68. The van der Waals surface area contributed by atoms with Crippen LogP contribution < -0.4 is 10.1 Å². The lowest BCUT2D eigenvalue weighted by molar-refractivity contribution is -0.384. The fourth-order valence-corrected chi connectivity index (χ4v) is 2.69. The molecule has 0 bridgehead atoms. The van der Waals surface area contributed by atoms with E-state index >= 15 is 0 Å². The van der Waals surface area contributed by atoms with E-state index in [1.54, 1.807) is 12.3 Å². The van der Waals surface area contributed by atoms with Crippen LogP contribution in [-0.2, 0) is 6.54 Å². The Hall–Kier alpha value is -2.70. The maximum atomic E-state index is 11.0. The number of hydrogen-bond acceptors (Lipinski definition) is 6. The van der Waals surface area contributed by atoms with Crippen molar-refractivity contribution in [2.75, 3.05) is 5.32 Å². The smallest absolute Gasteiger partial charge is 0.311 e. The number of pyridine rings is 2. The van der Waals surface area contributed by atoms with Crippen LogP contribution in [0.5, 0.6) is 5.88 Å². The fourth-order valence-electron chi connectivity index (χ4n) is 2.69. The minimum atomic E-state index is -0.450. The predicted octanol–water partition coefficient (Wildman–Crippen LogP) is 3.32. The number of anilines is 1. The molecule has 0 unspecified atom stereocenters. The van der Waals surface area contributed by atoms with Gasteiger partial charge in [0.05, 0.1) is 4.92 Å². The Labute approximate surface area is 133 Å². The number of nitrogens with one attached hydrogen (secondary N) is 1. The van der Waals surface area contributed by atoms with Gasteiger partial charge in [-0.15, -0.1) is 0 Å². The molecule has 2 aromatic rings. The molecule has 0 spiro atoms. The molecular weight excluding hydrogens is 296 g/mol. The van der Waals surface area contributed by atoms with E-state index in [0.29, 0.717) is 12.4 Å². The highest BCUT2D eigenvalue weighted by Crippen LogP contribution is 2.26. The third kappa shape index (κ3) is 3.74. The van der Waals surface area contributed by atoms with E-state index in [0.717, 1.165) is 18.4 Å². The van der Waals surface area contributed by atoms with E-state index in [4.69, 9.17) is 4.74 Å². The van der Waals surface area contributed by atoms with Crippen molar-refractivity contribution in [2.24, 2.45) is 0 Å². The first kappa shape index (κ1) is 15.2. The second kappa shape index (κ2) is 7.04. The van der Waals surface area contributed by atoms with Crippen LogP contribution in [0.1, 0.15) is 31.2 Å². The first-order chi connectivity index (χ1) is 11.2. The van der Waals surface area contributed by atoms with E-state index in [1.165, 1.54) is 25.1 Å². The summed E-state index contributed by atoms with van der Waals surface area (Å²) >= 11 is 0. The van der Waals surface area contributed by atoms with Gasteiger partial charge < -0.3 is 10.1 Å². The maximum Gasteiger partial charge on any atom is 0.311 e. The van der Waals surface area contributed by atoms with E-state index in [-0.39, 0.29) is 17.6 Å². The summed E-state index contributed by atoms with van der Waals surface area (Å²) in [6, 6.07) is 6.70. The molecule has 0 aliphatic heterocycles. The summed E-state index contributed by atoms with van der Waals surface area (Å²) in [5.74, 6) is 0.832. The topological polar surface area (TPSA) is 90.2 Å². The summed E-state index contributed by atoms with van der Waals surface area (Å²) in [7, 11) is 0. The molecular formula is C16H18N4O3. The lowest BCUT2D eigenvalue weighted by atomic mass is 10.2. The van der Waals surface area contributed by atoms with Crippen molar-refractivity contribution in [1.82, 2.24) is 9.97 Å². The van der Waals surface area contributed by atoms with Gasteiger partial charge in [-0.3, -0.25) is 10.1 Å². The van der Waals surface area contributed by atoms with Crippen LogP contribution in [0.25, 0.3) is 0 Å². The summed E-state index contributed by atoms with van der Waals surface area (Å²) in [6.45, 7) is 0.369. The van der Waals surface area contributed by atoms with Crippen LogP contribution in [0.2, 0.25) is 0 Å². The third-order valence-electron chi connectivity index (χ3n) is 3.86. The number of hydrogen-bond donors (Lipinski definition) is 1. The van der Waals surface area contributed by atoms with Crippen molar-refractivity contribution in [2.45, 2.75) is 38.3 Å². The van der Waals surface area contributed by atoms with Crippen molar-refractivity contribution < 1.29 is 9.66 Å². The van der Waals surface area contributed by atoms with Gasteiger partial charge in [0.25, 0.3) is 0 Å². The minimum absolute atomic E-state index is 0.0466. The van der Waals surface area contributed by atoms with Crippen molar-refractivity contribution >= 4 is 11.5 Å². The van der Waals surface area contributed by atoms with Gasteiger partial charge in [0.15, 0.2) is 0 Å². The Balaban J connectivity index is 1.72. The SMILES string of the molecule is O=[N+]([O-])c1cccnc1NCc1cccnc1OC1CCCC1. The van der Waals surface area contributed by atoms with Gasteiger partial charge in [0.2, 0.25) is 11.7 Å². The van der Waals surface area contributed by atoms with Crippen LogP contribution in [0.4, 0.5) is 11.5 Å². The second-order valence-corrected chi connectivity index (χ2v) is 5.47. The van der Waals surface area contributed by atoms with Crippen LogP contribution >= 0.6 is 0 Å². The van der Waals surface area contributed by atoms with Crippen molar-refractivity contribution in [3.63, 3.8) is 0 Å². The van der Waals surface area contributed by atoms with Crippen LogP contribution in [0.3, 0.4) is 0 Å². The average molecular weight is 314 g/mol. The van der Waals surface area contributed by atoms with Gasteiger partial charge >= 0.3 is 5.69 Å². The number of rotatable bonds is 6. The Morgan fingerprint density at radius 1 is 1.22 bits per heavy atom. The van der Waals surface area contributed by atoms with Gasteiger partial charge in [0.1, 0.15) is 6.10 Å². The van der Waals surface area contributed by atoms with Crippen LogP contribution in [0, 0.1) is 10.1 Å². The molecule has 7 heteroatoms. The monoisotopic (exact) mass is 314 g/mol. The zero-order valence-electron chi connectivity index (χ0n) is 12.6. The molecule has 1 aliphatic carbocycles. The molecule has 0 saturated heterocycles. The molecule has 3 rings (SSSR count). The summed E-state index contributed by atoms with van der Waals surface area (Å²) in [4.78, 5) is 18.9. The molecule has 0 aromatic carbocycles. The van der Waals surface area contributed by atoms with Gasteiger partial charge in [-0.25, -0.2) is 9.97 Å². The minimum Gasteiger partial charge on any atom is -0.474 e. The second-order valence-electron chi connectivity index (χ2n) is 5.47. The number of aromatic nitrogens is 2. The summed E-state index contributed by atoms with van der Waals surface area (Å²) in [5.41, 5.74) is 0.814. The number of ether oxygens (including phenoxy) is 1. The zero-order chi connectivity index (χ0) is 16.1. The van der Waals surface area contributed by atoms with E-state index in [2.05, 4.69) is 15.3 Å². The molecule has 0 radical (unpaired) electrons. The molecule has 1 N–H and O–H groups in total. The van der Waals surface area contributed by atoms with Gasteiger partial charge in [-0.2, -0.15) is 0 Å². The molecule has 7 nitrogen and oxygen atoms in total. The Morgan fingerprint density at radius 3 is 2.74 bits per heavy atom. The molecule has 1 saturated carbocycles. The first-order valence-corrected chi connectivity index (χ1v) is 7.68. The Kier molecular flexibility index (Phi) is 4.65. The predicted molar refractivity (Wildman–Crippen MR) is 85.3 cm³/mol. The van der Waals surface area contributed by atoms with Crippen molar-refractivity contribution in [3.05, 3.63) is 52.3 Å². The lowest BCUT2D eigenvalue weighted by Gasteiger charge is -2.15. The summed E-state index contributed by atoms with van der Waals surface area (Å²) in [6.07, 6.45) is 7.90. The summed E-state index contributed by atoms with van der Waals surface area (Å²) < 4.78 is 5.97. The van der Waals surface area contributed by atoms with E-state index in [9.17, 15) is 10.1 Å². The maximum absolute atomic E-state index is 11.0. The number of nitrogens with zero attached hydrogens (tertiary/aromatic N) is 3. The van der Waals surface area contributed by atoms with Gasteiger partial charge in [0, 0.05) is 30.6 Å². The molecule has 0 amide bonds. The van der Waals surface area contributed by atoms with Crippen molar-refractivity contribution in [1.29, 1.82) is 0 Å². The molecule has 120 valence electrons. The van der Waals surface area contributed by atoms with Crippen LogP contribution in [-0.4, -0.2) is 21.0 Å². The Bertz CT molecular complexity index is 687. The van der Waals surface area contributed by atoms with Crippen LogP contribution in [0.15, 0.2) is 36.7 Å². The van der Waals surface area contributed by atoms with Gasteiger partial charge in [-0.05, 0) is 37.8 Å². The highest BCUT2D eigenvalue weighted by Gasteiger charge is 2.19. The third-order valence-corrected chi connectivity index (χ3v) is 3.86. The highest BCUT2D eigenvalue weighted by molar-refractivity contribution is 5.55. The molecule has 23 heavy (non-hydrogen) atoms. The molecule has 0 atom stereocenters. The normalized spacial score (nSPS) is 14.6. The Morgan fingerprint density at radius 2 is 1.96 bits per heavy atom. The summed E-state index contributed by atoms with van der Waals surface area (Å²) in [5, 5.41) is 14.0. The zero-order valence-corrected chi connectivity index (χ0v) is 12.6. The average Bonchev–Trinajstić information content (AvgIpc) is 3.07. The number of nitro groups is 1. The quantitative estimate of drug-likeness (QED) is 0.650. The molecule has 1 fully saturated rings. The molecule has 1 aliphatic rings. The fraction of sp³-hybridized carbons (Fsp3) is 0.375. The molecule has 2 heterocycles. The highest BCUT2D eigenvalue weighted by atomic mass is 16.6. The van der Waals surface area contributed by atoms with E-state index in [1.807, 2.05) is 12.1 Å². The largest absolute Gasteiger partial charge is 0.474 e. The molecule has 2 aromatic heterocycles. The standard InChI is InChI=1S/C16H18N4O3/c21-20(22)14-8-4-9-17-15(14)19-11-12-5-3-10-18-16(12)23-13-6-1-2-7-13/h3-5,8-10,13H,1-2,6-7,11H2,(H,17,19). The van der Waals surface area contributed by atoms with Crippen molar-refractivity contribution in [3.8, 4) is 5.88 Å². The lowest BCUT2D eigenvalue weighted by Crippen LogP contribution is -2.14. The van der Waals surface area contributed by atoms with E-state index < -0.39 is 4.92 Å². The van der Waals surface area contributed by atoms with Gasteiger partial charge in [-0.1, -0.05) is 6.07 Å².